The van der Waals surface area contributed by atoms with Gasteiger partial charge in [-0.2, -0.15) is 0 Å². The van der Waals surface area contributed by atoms with Gasteiger partial charge in [-0.1, -0.05) is 62.8 Å². The average Bonchev–Trinajstić information content (AvgIpc) is 2.68. The monoisotopic (exact) mass is 606 g/mol. The number of hydrogen-bond acceptors (Lipinski definition) is 2. The summed E-state index contributed by atoms with van der Waals surface area (Å²) >= 11 is 4.69. The first kappa shape index (κ1) is 24.1. The van der Waals surface area contributed by atoms with Crippen LogP contribution in [0.15, 0.2) is 48.5 Å². The summed E-state index contributed by atoms with van der Waals surface area (Å²) in [7, 11) is 0. The lowest BCUT2D eigenvalue weighted by Gasteiger charge is -2.06. The Morgan fingerprint density at radius 1 is 0.536 bits per heavy atom. The smallest absolute Gasteiger partial charge is 0.0717 e. The molecule has 0 saturated heterocycles. The summed E-state index contributed by atoms with van der Waals surface area (Å²) in [5.41, 5.74) is 2.55. The molecule has 0 aromatic heterocycles. The molecule has 2 aromatic carbocycles. The second-order valence-electron chi connectivity index (χ2n) is 7.19. The molecular weight excluding hydrogens is 574 g/mol. The van der Waals surface area contributed by atoms with Gasteiger partial charge in [0.2, 0.25) is 0 Å². The molecule has 0 bridgehead atoms. The molecule has 0 radical (unpaired) electrons. The van der Waals surface area contributed by atoms with Crippen LogP contribution >= 0.6 is 45.2 Å². The molecule has 0 aliphatic heterocycles. The summed E-state index contributed by atoms with van der Waals surface area (Å²) in [6.45, 7) is 3.23. The van der Waals surface area contributed by atoms with Crippen molar-refractivity contribution in [2.45, 2.75) is 64.6 Å². The van der Waals surface area contributed by atoms with Gasteiger partial charge in [-0.05, 0) is 93.4 Å². The highest BCUT2D eigenvalue weighted by molar-refractivity contribution is 14.1. The second kappa shape index (κ2) is 15.6. The Bertz CT molecular complexity index is 603. The van der Waals surface area contributed by atoms with E-state index in [9.17, 15) is 0 Å². The van der Waals surface area contributed by atoms with Gasteiger partial charge in [0.25, 0.3) is 0 Å². The van der Waals surface area contributed by atoms with E-state index in [0.717, 1.165) is 26.4 Å². The van der Waals surface area contributed by atoms with Gasteiger partial charge in [0.15, 0.2) is 0 Å². The molecule has 154 valence electrons. The number of ether oxygens (including phenoxy) is 2. The summed E-state index contributed by atoms with van der Waals surface area (Å²) in [5, 5.41) is 0. The SMILES string of the molecule is Ic1cccc(COCCCCCCCCCCOCc2cccc(I)c2)c1. The van der Waals surface area contributed by atoms with Crippen LogP contribution in [0.3, 0.4) is 0 Å². The zero-order valence-corrected chi connectivity index (χ0v) is 21.0. The van der Waals surface area contributed by atoms with Crippen LogP contribution in [0.4, 0.5) is 0 Å². The van der Waals surface area contributed by atoms with Crippen molar-refractivity contribution < 1.29 is 9.47 Å². The molecule has 2 rings (SSSR count). The first-order chi connectivity index (χ1) is 13.7. The van der Waals surface area contributed by atoms with Crippen molar-refractivity contribution in [3.05, 3.63) is 66.8 Å². The molecule has 0 aliphatic carbocycles. The molecule has 4 heteroatoms. The summed E-state index contributed by atoms with van der Waals surface area (Å²) in [5.74, 6) is 0. The zero-order valence-electron chi connectivity index (χ0n) is 16.7. The summed E-state index contributed by atoms with van der Waals surface area (Å²) in [6.07, 6.45) is 10.3. The first-order valence-electron chi connectivity index (χ1n) is 10.4. The van der Waals surface area contributed by atoms with Gasteiger partial charge in [-0.25, -0.2) is 0 Å². The van der Waals surface area contributed by atoms with E-state index in [-0.39, 0.29) is 0 Å². The lowest BCUT2D eigenvalue weighted by molar-refractivity contribution is 0.116. The van der Waals surface area contributed by atoms with Crippen LogP contribution in [0.25, 0.3) is 0 Å². The van der Waals surface area contributed by atoms with Gasteiger partial charge in [-0.15, -0.1) is 0 Å². The van der Waals surface area contributed by atoms with E-state index < -0.39 is 0 Å². The summed E-state index contributed by atoms with van der Waals surface area (Å²) < 4.78 is 14.1. The van der Waals surface area contributed by atoms with Crippen molar-refractivity contribution in [1.82, 2.24) is 0 Å². The number of unbranched alkanes of at least 4 members (excludes halogenated alkanes) is 7. The first-order valence-corrected chi connectivity index (χ1v) is 12.5. The van der Waals surface area contributed by atoms with Gasteiger partial charge in [0, 0.05) is 20.4 Å². The van der Waals surface area contributed by atoms with Crippen LogP contribution in [-0.4, -0.2) is 13.2 Å². The molecule has 0 N–H and O–H groups in total. The predicted molar refractivity (Wildman–Crippen MR) is 135 cm³/mol. The molecule has 0 atom stereocenters. The highest BCUT2D eigenvalue weighted by Crippen LogP contribution is 2.12. The van der Waals surface area contributed by atoms with Crippen molar-refractivity contribution >= 4 is 45.2 Å². The van der Waals surface area contributed by atoms with Gasteiger partial charge in [-0.3, -0.25) is 0 Å². The third-order valence-corrected chi connectivity index (χ3v) is 5.98. The average molecular weight is 606 g/mol. The molecule has 0 unspecified atom stereocenters. The largest absolute Gasteiger partial charge is 0.377 e. The van der Waals surface area contributed by atoms with Crippen molar-refractivity contribution in [2.75, 3.05) is 13.2 Å². The van der Waals surface area contributed by atoms with E-state index in [0.29, 0.717) is 0 Å². The quantitative estimate of drug-likeness (QED) is 0.153. The Morgan fingerprint density at radius 2 is 0.929 bits per heavy atom. The Balaban J connectivity index is 1.31. The molecule has 0 fully saturated rings. The molecule has 0 heterocycles. The Labute approximate surface area is 198 Å². The van der Waals surface area contributed by atoms with E-state index in [1.54, 1.807) is 0 Å². The lowest BCUT2D eigenvalue weighted by Crippen LogP contribution is -1.96. The molecule has 0 aliphatic rings. The fraction of sp³-hybridized carbons (Fsp3) is 0.500. The van der Waals surface area contributed by atoms with Crippen LogP contribution in [0.2, 0.25) is 0 Å². The van der Waals surface area contributed by atoms with Crippen LogP contribution < -0.4 is 0 Å². The third-order valence-electron chi connectivity index (χ3n) is 4.64. The van der Waals surface area contributed by atoms with E-state index in [2.05, 4.69) is 93.7 Å². The van der Waals surface area contributed by atoms with E-state index in [4.69, 9.17) is 9.47 Å². The molecular formula is C24H32I2O2. The highest BCUT2D eigenvalue weighted by atomic mass is 127. The Morgan fingerprint density at radius 3 is 1.32 bits per heavy atom. The van der Waals surface area contributed by atoms with Crippen LogP contribution in [-0.2, 0) is 22.7 Å². The zero-order chi connectivity index (χ0) is 19.9. The number of rotatable bonds is 15. The number of hydrogen-bond donors (Lipinski definition) is 0. The fourth-order valence-electron chi connectivity index (χ4n) is 3.10. The van der Waals surface area contributed by atoms with E-state index in [1.165, 1.54) is 69.6 Å². The van der Waals surface area contributed by atoms with Crippen LogP contribution in [0.5, 0.6) is 0 Å². The predicted octanol–water partition coefficient (Wildman–Crippen LogP) is 7.75. The third kappa shape index (κ3) is 11.7. The van der Waals surface area contributed by atoms with Gasteiger partial charge in [0.1, 0.15) is 0 Å². The highest BCUT2D eigenvalue weighted by Gasteiger charge is 1.97. The second-order valence-corrected chi connectivity index (χ2v) is 9.68. The lowest BCUT2D eigenvalue weighted by atomic mass is 10.1. The van der Waals surface area contributed by atoms with Crippen LogP contribution in [0.1, 0.15) is 62.5 Å². The maximum absolute atomic E-state index is 5.78. The van der Waals surface area contributed by atoms with Gasteiger partial charge >= 0.3 is 0 Å². The summed E-state index contributed by atoms with van der Waals surface area (Å²) in [6, 6.07) is 17.1. The molecule has 28 heavy (non-hydrogen) atoms. The van der Waals surface area contributed by atoms with Gasteiger partial charge < -0.3 is 9.47 Å². The molecule has 0 saturated carbocycles. The standard InChI is InChI=1S/C24H32I2O2/c25-23-13-9-11-21(17-23)19-27-15-7-5-3-1-2-4-6-8-16-28-20-22-12-10-14-24(26)18-22/h9-14,17-18H,1-8,15-16,19-20H2. The van der Waals surface area contributed by atoms with Crippen molar-refractivity contribution in [3.8, 4) is 0 Å². The van der Waals surface area contributed by atoms with E-state index >= 15 is 0 Å². The van der Waals surface area contributed by atoms with E-state index in [1.807, 2.05) is 0 Å². The topological polar surface area (TPSA) is 18.5 Å². The molecule has 0 amide bonds. The minimum Gasteiger partial charge on any atom is -0.377 e. The normalized spacial score (nSPS) is 11.1. The van der Waals surface area contributed by atoms with Crippen molar-refractivity contribution in [2.24, 2.45) is 0 Å². The number of benzene rings is 2. The van der Waals surface area contributed by atoms with Crippen molar-refractivity contribution in [3.63, 3.8) is 0 Å². The minimum atomic E-state index is 0.739. The Hall–Kier alpha value is -0.180. The summed E-state index contributed by atoms with van der Waals surface area (Å²) in [4.78, 5) is 0. The molecule has 2 aromatic rings. The maximum atomic E-state index is 5.78. The Kier molecular flexibility index (Phi) is 13.5. The molecule has 2 nitrogen and oxygen atoms in total. The van der Waals surface area contributed by atoms with Crippen molar-refractivity contribution in [1.29, 1.82) is 0 Å². The fourth-order valence-corrected chi connectivity index (χ4v) is 4.32. The van der Waals surface area contributed by atoms with Crippen LogP contribution in [0, 0.1) is 7.14 Å². The maximum Gasteiger partial charge on any atom is 0.0717 e. The van der Waals surface area contributed by atoms with Gasteiger partial charge in [0.05, 0.1) is 13.2 Å². The minimum absolute atomic E-state index is 0.739. The molecule has 0 spiro atoms. The number of halogens is 2.